The van der Waals surface area contributed by atoms with Crippen LogP contribution in [0.15, 0.2) is 94.4 Å². The molecule has 37 heavy (non-hydrogen) atoms. The topological polar surface area (TPSA) is 72.8 Å². The summed E-state index contributed by atoms with van der Waals surface area (Å²) in [6.07, 6.45) is 5.56. The van der Waals surface area contributed by atoms with E-state index in [0.29, 0.717) is 12.0 Å². The Morgan fingerprint density at radius 3 is 2.27 bits per heavy atom. The van der Waals surface area contributed by atoms with Crippen molar-refractivity contribution in [2.24, 2.45) is 5.92 Å². The highest BCUT2D eigenvalue weighted by molar-refractivity contribution is 7.92. The summed E-state index contributed by atoms with van der Waals surface area (Å²) in [7, 11) is -0.555. The van der Waals surface area contributed by atoms with E-state index < -0.39 is 21.2 Å². The molecule has 0 fully saturated rings. The van der Waals surface area contributed by atoms with Gasteiger partial charge >= 0.3 is 0 Å². The maximum atomic E-state index is 13.8. The average molecular weight is 527 g/mol. The summed E-state index contributed by atoms with van der Waals surface area (Å²) in [5.74, 6) is 0.710. The van der Waals surface area contributed by atoms with Crippen molar-refractivity contribution < 1.29 is 23.0 Å². The lowest BCUT2D eigenvalue weighted by molar-refractivity contribution is 0.103. The molecule has 5 nitrogen and oxygen atoms in total. The maximum Gasteiger partial charge on any atom is 0.187 e. The lowest BCUT2D eigenvalue weighted by Crippen LogP contribution is -2.36. The first-order chi connectivity index (χ1) is 17.5. The fraction of sp³-hybridized carbons (Fsp3) is 0.419. The van der Waals surface area contributed by atoms with Gasteiger partial charge in [-0.1, -0.05) is 66.6 Å². The third-order valence-corrected chi connectivity index (χ3v) is 9.00. The molecule has 2 aromatic rings. The summed E-state index contributed by atoms with van der Waals surface area (Å²) in [6.45, 7) is 9.67. The van der Waals surface area contributed by atoms with Crippen molar-refractivity contribution in [3.05, 3.63) is 95.1 Å². The molecule has 0 aliphatic heterocycles. The minimum absolute atomic E-state index is 0.0772. The molecule has 0 bridgehead atoms. The SMILES string of the molecule is C/C=C(\C)C(OC)C(C)/C=C(\C)C(C(O)C/C(C)=C\Cc1cccc(OC)c1)S(=O)(=O)c1ccccc1. The van der Waals surface area contributed by atoms with Crippen LogP contribution in [-0.4, -0.2) is 45.2 Å². The fourth-order valence-electron chi connectivity index (χ4n) is 4.70. The van der Waals surface area contributed by atoms with Gasteiger partial charge in [0.2, 0.25) is 0 Å². The van der Waals surface area contributed by atoms with Crippen LogP contribution in [0.3, 0.4) is 0 Å². The van der Waals surface area contributed by atoms with Gasteiger partial charge in [0.05, 0.1) is 24.2 Å². The number of benzene rings is 2. The Hall–Kier alpha value is -2.67. The molecule has 0 saturated heterocycles. The minimum atomic E-state index is -3.84. The van der Waals surface area contributed by atoms with Crippen molar-refractivity contribution >= 4 is 9.84 Å². The number of methoxy groups -OCH3 is 2. The number of ether oxygens (including phenoxy) is 2. The Bertz CT molecular complexity index is 1200. The molecule has 1 N–H and O–H groups in total. The van der Waals surface area contributed by atoms with E-state index >= 15 is 0 Å². The molecule has 0 heterocycles. The van der Waals surface area contributed by atoms with E-state index in [1.165, 1.54) is 0 Å². The van der Waals surface area contributed by atoms with Gasteiger partial charge in [-0.3, -0.25) is 0 Å². The minimum Gasteiger partial charge on any atom is -0.497 e. The van der Waals surface area contributed by atoms with Crippen LogP contribution in [0.4, 0.5) is 0 Å². The highest BCUT2D eigenvalue weighted by Crippen LogP contribution is 2.29. The molecule has 0 radical (unpaired) electrons. The number of rotatable bonds is 13. The van der Waals surface area contributed by atoms with Gasteiger partial charge in [-0.25, -0.2) is 8.42 Å². The Morgan fingerprint density at radius 1 is 1.00 bits per heavy atom. The predicted molar refractivity (Wildman–Crippen MR) is 152 cm³/mol. The average Bonchev–Trinajstić information content (AvgIpc) is 2.88. The molecular formula is C31H42O5S. The smallest absolute Gasteiger partial charge is 0.187 e. The van der Waals surface area contributed by atoms with E-state index in [2.05, 4.69) is 0 Å². The first kappa shape index (κ1) is 30.6. The number of hydrogen-bond donors (Lipinski definition) is 1. The largest absolute Gasteiger partial charge is 0.497 e. The van der Waals surface area contributed by atoms with Crippen molar-refractivity contribution in [1.82, 2.24) is 0 Å². The molecule has 0 aliphatic carbocycles. The predicted octanol–water partition coefficient (Wildman–Crippen LogP) is 6.34. The Labute approximate surface area is 223 Å². The molecule has 0 saturated carbocycles. The van der Waals surface area contributed by atoms with E-state index in [-0.39, 0.29) is 23.3 Å². The van der Waals surface area contributed by atoms with Crippen molar-refractivity contribution in [3.63, 3.8) is 0 Å². The van der Waals surface area contributed by atoms with Gasteiger partial charge in [0, 0.05) is 13.0 Å². The molecule has 0 aromatic heterocycles. The summed E-state index contributed by atoms with van der Waals surface area (Å²) in [6, 6.07) is 16.2. The van der Waals surface area contributed by atoms with Crippen LogP contribution < -0.4 is 4.74 Å². The van der Waals surface area contributed by atoms with Crippen LogP contribution >= 0.6 is 0 Å². The molecule has 0 spiro atoms. The lowest BCUT2D eigenvalue weighted by Gasteiger charge is -2.27. The van der Waals surface area contributed by atoms with Gasteiger partial charge in [-0.2, -0.15) is 0 Å². The quantitative estimate of drug-likeness (QED) is 0.308. The van der Waals surface area contributed by atoms with Crippen LogP contribution in [0.1, 0.15) is 46.6 Å². The van der Waals surface area contributed by atoms with E-state index in [4.69, 9.17) is 9.47 Å². The summed E-state index contributed by atoms with van der Waals surface area (Å²) < 4.78 is 38.5. The molecular weight excluding hydrogens is 484 g/mol. The van der Waals surface area contributed by atoms with E-state index in [9.17, 15) is 13.5 Å². The first-order valence-corrected chi connectivity index (χ1v) is 14.2. The van der Waals surface area contributed by atoms with E-state index in [1.54, 1.807) is 51.5 Å². The lowest BCUT2D eigenvalue weighted by atomic mass is 9.93. The van der Waals surface area contributed by atoms with Gasteiger partial charge in [-0.05, 0) is 75.9 Å². The zero-order valence-electron chi connectivity index (χ0n) is 23.1. The molecule has 0 amide bonds. The molecule has 202 valence electrons. The molecule has 2 aromatic carbocycles. The Balaban J connectivity index is 2.39. The van der Waals surface area contributed by atoms with Gasteiger partial charge in [-0.15, -0.1) is 0 Å². The molecule has 4 atom stereocenters. The molecule has 4 unspecified atom stereocenters. The Morgan fingerprint density at radius 2 is 1.68 bits per heavy atom. The zero-order chi connectivity index (χ0) is 27.6. The molecule has 2 rings (SSSR count). The second-order valence-electron chi connectivity index (χ2n) is 9.62. The van der Waals surface area contributed by atoms with Gasteiger partial charge in [0.1, 0.15) is 11.0 Å². The summed E-state index contributed by atoms with van der Waals surface area (Å²) in [5.41, 5.74) is 3.68. The third-order valence-electron chi connectivity index (χ3n) is 6.72. The van der Waals surface area contributed by atoms with Gasteiger partial charge in [0.15, 0.2) is 9.84 Å². The fourth-order valence-corrected chi connectivity index (χ4v) is 6.61. The van der Waals surface area contributed by atoms with Crippen molar-refractivity contribution in [2.75, 3.05) is 14.2 Å². The van der Waals surface area contributed by atoms with Crippen LogP contribution in [0.2, 0.25) is 0 Å². The number of aliphatic hydroxyl groups excluding tert-OH is 1. The van der Waals surface area contributed by atoms with Gasteiger partial charge < -0.3 is 14.6 Å². The van der Waals surface area contributed by atoms with Crippen molar-refractivity contribution in [2.45, 2.75) is 69.8 Å². The molecule has 0 aliphatic rings. The summed E-state index contributed by atoms with van der Waals surface area (Å²) in [5, 5.41) is 10.3. The second kappa shape index (κ2) is 14.3. The summed E-state index contributed by atoms with van der Waals surface area (Å²) >= 11 is 0. The van der Waals surface area contributed by atoms with Crippen LogP contribution in [-0.2, 0) is 21.0 Å². The first-order valence-electron chi connectivity index (χ1n) is 12.6. The normalized spacial score (nSPS) is 16.7. The maximum absolute atomic E-state index is 13.8. The van der Waals surface area contributed by atoms with Crippen LogP contribution in [0.5, 0.6) is 5.75 Å². The van der Waals surface area contributed by atoms with E-state index in [0.717, 1.165) is 22.5 Å². The zero-order valence-corrected chi connectivity index (χ0v) is 24.0. The third kappa shape index (κ3) is 8.42. The Kier molecular flexibility index (Phi) is 11.8. The monoisotopic (exact) mass is 526 g/mol. The number of hydrogen-bond acceptors (Lipinski definition) is 5. The van der Waals surface area contributed by atoms with Crippen LogP contribution in [0.25, 0.3) is 0 Å². The van der Waals surface area contributed by atoms with Gasteiger partial charge in [0.25, 0.3) is 0 Å². The summed E-state index contributed by atoms with van der Waals surface area (Å²) in [4.78, 5) is 0.199. The van der Waals surface area contributed by atoms with Crippen molar-refractivity contribution in [1.29, 1.82) is 0 Å². The number of allylic oxidation sites excluding steroid dienone is 2. The second-order valence-corrected chi connectivity index (χ2v) is 11.7. The van der Waals surface area contributed by atoms with Crippen molar-refractivity contribution in [3.8, 4) is 5.75 Å². The van der Waals surface area contributed by atoms with E-state index in [1.807, 2.05) is 70.2 Å². The standard InChI is InChI=1S/C31H42O5S/c1-8-23(3)30(36-7)24(4)20-25(5)31(37(33,34)28-15-10-9-11-16-28)29(32)19-22(2)17-18-26-13-12-14-27(21-26)35-6/h8-17,20-21,24,29-32H,18-19H2,1-7H3/b22-17-,23-8+,25-20+. The molecule has 6 heteroatoms. The highest BCUT2D eigenvalue weighted by atomic mass is 32.2. The number of sulfone groups is 1. The highest BCUT2D eigenvalue weighted by Gasteiger charge is 2.35. The number of aliphatic hydroxyl groups is 1. The van der Waals surface area contributed by atoms with Crippen LogP contribution in [0, 0.1) is 5.92 Å².